The standard InChI is InChI=1S/C15H14ClNO2/c1-10-13(6-3-7-14(10)18)15(19)17-9-11-4-2-5-12(16)8-11/h2-8,18H,9H2,1H3,(H,17,19). The van der Waals surface area contributed by atoms with Crippen molar-refractivity contribution >= 4 is 17.5 Å². The van der Waals surface area contributed by atoms with Gasteiger partial charge in [0.05, 0.1) is 0 Å². The van der Waals surface area contributed by atoms with Crippen LogP contribution in [0.3, 0.4) is 0 Å². The molecule has 1 amide bonds. The smallest absolute Gasteiger partial charge is 0.251 e. The van der Waals surface area contributed by atoms with E-state index >= 15 is 0 Å². The van der Waals surface area contributed by atoms with E-state index in [9.17, 15) is 9.90 Å². The lowest BCUT2D eigenvalue weighted by molar-refractivity contribution is 0.0950. The molecule has 4 heteroatoms. The molecule has 0 bridgehead atoms. The summed E-state index contributed by atoms with van der Waals surface area (Å²) in [5.41, 5.74) is 1.98. The fourth-order valence-corrected chi connectivity index (χ4v) is 2.01. The van der Waals surface area contributed by atoms with Crippen LogP contribution >= 0.6 is 11.6 Å². The molecule has 0 heterocycles. The monoisotopic (exact) mass is 275 g/mol. The first-order chi connectivity index (χ1) is 9.08. The molecule has 2 aromatic carbocycles. The summed E-state index contributed by atoms with van der Waals surface area (Å²) in [5, 5.41) is 13.0. The summed E-state index contributed by atoms with van der Waals surface area (Å²) in [6.07, 6.45) is 0. The number of carbonyl (C=O) groups is 1. The van der Waals surface area contributed by atoms with Gasteiger partial charge in [-0.25, -0.2) is 0 Å². The van der Waals surface area contributed by atoms with Gasteiger partial charge in [-0.1, -0.05) is 29.8 Å². The number of aromatic hydroxyl groups is 1. The Bertz CT molecular complexity index is 611. The Kier molecular flexibility index (Phi) is 4.07. The topological polar surface area (TPSA) is 49.3 Å². The second kappa shape index (κ2) is 5.76. The first-order valence-electron chi connectivity index (χ1n) is 5.89. The molecular weight excluding hydrogens is 262 g/mol. The molecule has 0 radical (unpaired) electrons. The van der Waals surface area contributed by atoms with Gasteiger partial charge in [0.25, 0.3) is 5.91 Å². The van der Waals surface area contributed by atoms with Crippen molar-refractivity contribution in [2.75, 3.05) is 0 Å². The van der Waals surface area contributed by atoms with Gasteiger partial charge in [0.2, 0.25) is 0 Å². The zero-order chi connectivity index (χ0) is 13.8. The van der Waals surface area contributed by atoms with Gasteiger partial charge < -0.3 is 10.4 Å². The third-order valence-corrected chi connectivity index (χ3v) is 3.13. The van der Waals surface area contributed by atoms with Crippen LogP contribution in [-0.4, -0.2) is 11.0 Å². The van der Waals surface area contributed by atoms with Gasteiger partial charge in [0.1, 0.15) is 5.75 Å². The van der Waals surface area contributed by atoms with E-state index in [2.05, 4.69) is 5.32 Å². The Morgan fingerprint density at radius 1 is 1.26 bits per heavy atom. The van der Waals surface area contributed by atoms with Crippen LogP contribution in [0.4, 0.5) is 0 Å². The van der Waals surface area contributed by atoms with E-state index in [1.165, 1.54) is 0 Å². The molecule has 0 aromatic heterocycles. The lowest BCUT2D eigenvalue weighted by atomic mass is 10.1. The van der Waals surface area contributed by atoms with Crippen LogP contribution in [0.15, 0.2) is 42.5 Å². The first kappa shape index (κ1) is 13.4. The van der Waals surface area contributed by atoms with Crippen LogP contribution in [0.1, 0.15) is 21.5 Å². The number of phenols is 1. The summed E-state index contributed by atoms with van der Waals surface area (Å²) in [6, 6.07) is 12.2. The van der Waals surface area contributed by atoms with Crippen molar-refractivity contribution < 1.29 is 9.90 Å². The van der Waals surface area contributed by atoms with E-state index < -0.39 is 0 Å². The Labute approximate surface area is 116 Å². The summed E-state index contributed by atoms with van der Waals surface area (Å²) in [6.45, 7) is 2.11. The third-order valence-electron chi connectivity index (χ3n) is 2.89. The van der Waals surface area contributed by atoms with Crippen molar-refractivity contribution in [1.29, 1.82) is 0 Å². The van der Waals surface area contributed by atoms with E-state index in [1.54, 1.807) is 37.3 Å². The number of phenolic OH excluding ortho intramolecular Hbond substituents is 1. The molecule has 2 aromatic rings. The first-order valence-corrected chi connectivity index (χ1v) is 6.27. The maximum atomic E-state index is 12.0. The largest absolute Gasteiger partial charge is 0.508 e. The predicted molar refractivity (Wildman–Crippen MR) is 75.5 cm³/mol. The zero-order valence-electron chi connectivity index (χ0n) is 10.5. The minimum atomic E-state index is -0.214. The molecule has 0 unspecified atom stereocenters. The number of halogens is 1. The molecule has 0 spiro atoms. The van der Waals surface area contributed by atoms with Crippen molar-refractivity contribution in [2.24, 2.45) is 0 Å². The summed E-state index contributed by atoms with van der Waals surface area (Å²) in [5.74, 6) is -0.0937. The maximum absolute atomic E-state index is 12.0. The van der Waals surface area contributed by atoms with Crippen LogP contribution in [0, 0.1) is 6.92 Å². The van der Waals surface area contributed by atoms with Crippen LogP contribution in [0.2, 0.25) is 5.02 Å². The van der Waals surface area contributed by atoms with Crippen molar-refractivity contribution in [1.82, 2.24) is 5.32 Å². The van der Waals surface area contributed by atoms with Crippen LogP contribution in [0.5, 0.6) is 5.75 Å². The van der Waals surface area contributed by atoms with E-state index in [4.69, 9.17) is 11.6 Å². The summed E-state index contributed by atoms with van der Waals surface area (Å²) in [4.78, 5) is 12.0. The number of nitrogens with one attached hydrogen (secondary N) is 1. The summed E-state index contributed by atoms with van der Waals surface area (Å²) < 4.78 is 0. The van der Waals surface area contributed by atoms with Crippen molar-refractivity contribution in [2.45, 2.75) is 13.5 Å². The molecule has 0 aliphatic carbocycles. The molecule has 0 aliphatic heterocycles. The van der Waals surface area contributed by atoms with Gasteiger partial charge >= 0.3 is 0 Å². The molecular formula is C15H14ClNO2. The number of carbonyl (C=O) groups excluding carboxylic acids is 1. The average molecular weight is 276 g/mol. The van der Waals surface area contributed by atoms with Gasteiger partial charge in [0.15, 0.2) is 0 Å². The number of benzene rings is 2. The molecule has 2 N–H and O–H groups in total. The normalized spacial score (nSPS) is 10.2. The number of hydrogen-bond donors (Lipinski definition) is 2. The Balaban J connectivity index is 2.08. The average Bonchev–Trinajstić information content (AvgIpc) is 2.39. The van der Waals surface area contributed by atoms with Crippen molar-refractivity contribution in [3.8, 4) is 5.75 Å². The molecule has 2 rings (SSSR count). The highest BCUT2D eigenvalue weighted by atomic mass is 35.5. The second-order valence-corrected chi connectivity index (χ2v) is 4.70. The Morgan fingerprint density at radius 3 is 2.74 bits per heavy atom. The fraction of sp³-hybridized carbons (Fsp3) is 0.133. The van der Waals surface area contributed by atoms with Crippen molar-refractivity contribution in [3.05, 3.63) is 64.2 Å². The van der Waals surface area contributed by atoms with Gasteiger partial charge in [-0.05, 0) is 36.8 Å². The molecule has 0 saturated carbocycles. The second-order valence-electron chi connectivity index (χ2n) is 4.26. The van der Waals surface area contributed by atoms with E-state index in [0.717, 1.165) is 5.56 Å². The number of amides is 1. The van der Waals surface area contributed by atoms with Crippen molar-refractivity contribution in [3.63, 3.8) is 0 Å². The van der Waals surface area contributed by atoms with Gasteiger partial charge in [-0.3, -0.25) is 4.79 Å². The predicted octanol–water partition coefficient (Wildman–Crippen LogP) is 3.28. The van der Waals surface area contributed by atoms with E-state index in [1.807, 2.05) is 12.1 Å². The quantitative estimate of drug-likeness (QED) is 0.903. The number of rotatable bonds is 3. The van der Waals surface area contributed by atoms with Crippen LogP contribution in [-0.2, 0) is 6.54 Å². The van der Waals surface area contributed by atoms with E-state index in [0.29, 0.717) is 22.7 Å². The fourth-order valence-electron chi connectivity index (χ4n) is 1.79. The van der Waals surface area contributed by atoms with Gasteiger partial charge in [0, 0.05) is 22.7 Å². The molecule has 0 saturated heterocycles. The third kappa shape index (κ3) is 3.26. The highest BCUT2D eigenvalue weighted by Crippen LogP contribution is 2.19. The molecule has 0 fully saturated rings. The molecule has 0 atom stereocenters. The number of hydrogen-bond acceptors (Lipinski definition) is 2. The molecule has 0 aliphatic rings. The van der Waals surface area contributed by atoms with Gasteiger partial charge in [-0.15, -0.1) is 0 Å². The maximum Gasteiger partial charge on any atom is 0.251 e. The summed E-state index contributed by atoms with van der Waals surface area (Å²) >= 11 is 5.88. The summed E-state index contributed by atoms with van der Waals surface area (Å²) in [7, 11) is 0. The molecule has 19 heavy (non-hydrogen) atoms. The van der Waals surface area contributed by atoms with Gasteiger partial charge in [-0.2, -0.15) is 0 Å². The molecule has 98 valence electrons. The SMILES string of the molecule is Cc1c(O)cccc1C(=O)NCc1cccc(Cl)c1. The Hall–Kier alpha value is -2.00. The minimum absolute atomic E-state index is 0.121. The highest BCUT2D eigenvalue weighted by Gasteiger charge is 2.10. The van der Waals surface area contributed by atoms with E-state index in [-0.39, 0.29) is 11.7 Å². The van der Waals surface area contributed by atoms with Crippen LogP contribution < -0.4 is 5.32 Å². The lowest BCUT2D eigenvalue weighted by Crippen LogP contribution is -2.23. The zero-order valence-corrected chi connectivity index (χ0v) is 11.2. The highest BCUT2D eigenvalue weighted by molar-refractivity contribution is 6.30. The molecule has 3 nitrogen and oxygen atoms in total. The lowest BCUT2D eigenvalue weighted by Gasteiger charge is -2.09. The minimum Gasteiger partial charge on any atom is -0.508 e. The Morgan fingerprint density at radius 2 is 2.00 bits per heavy atom. The van der Waals surface area contributed by atoms with Crippen LogP contribution in [0.25, 0.3) is 0 Å².